The van der Waals surface area contributed by atoms with Gasteiger partial charge >= 0.3 is 0 Å². The highest BCUT2D eigenvalue weighted by molar-refractivity contribution is 5.81. The molecular formula is C12H24N2O. The van der Waals surface area contributed by atoms with Gasteiger partial charge in [0.1, 0.15) is 0 Å². The molecule has 1 amide bonds. The van der Waals surface area contributed by atoms with Gasteiger partial charge in [0.15, 0.2) is 0 Å². The Balaban J connectivity index is 2.43. The van der Waals surface area contributed by atoms with Gasteiger partial charge in [-0.25, -0.2) is 0 Å². The second kappa shape index (κ2) is 6.11. The summed E-state index contributed by atoms with van der Waals surface area (Å²) >= 11 is 0. The first kappa shape index (κ1) is 12.5. The highest BCUT2D eigenvalue weighted by Gasteiger charge is 2.25. The maximum Gasteiger partial charge on any atom is 0.239 e. The first-order valence-electron chi connectivity index (χ1n) is 6.19. The number of carbonyl (C=O) groups excluding carboxylic acids is 1. The number of amides is 1. The molecule has 88 valence electrons. The van der Waals surface area contributed by atoms with E-state index in [1.54, 1.807) is 0 Å². The summed E-state index contributed by atoms with van der Waals surface area (Å²) < 4.78 is 0. The van der Waals surface area contributed by atoms with E-state index in [4.69, 9.17) is 5.73 Å². The van der Waals surface area contributed by atoms with Gasteiger partial charge in [-0.3, -0.25) is 4.79 Å². The summed E-state index contributed by atoms with van der Waals surface area (Å²) in [4.78, 5) is 13.8. The molecule has 1 atom stereocenters. The SMILES string of the molecule is CCC[C@@H](N)C(=O)N(C)C1CCCCC1. The van der Waals surface area contributed by atoms with Gasteiger partial charge in [0, 0.05) is 13.1 Å². The van der Waals surface area contributed by atoms with Gasteiger partial charge < -0.3 is 10.6 Å². The normalized spacial score (nSPS) is 19.9. The number of nitrogens with two attached hydrogens (primary N) is 1. The Morgan fingerprint density at radius 3 is 2.53 bits per heavy atom. The van der Waals surface area contributed by atoms with Gasteiger partial charge in [0.25, 0.3) is 0 Å². The number of likely N-dealkylation sites (N-methyl/N-ethyl adjacent to an activating group) is 1. The van der Waals surface area contributed by atoms with E-state index in [0.717, 1.165) is 25.7 Å². The monoisotopic (exact) mass is 212 g/mol. The third-order valence-corrected chi connectivity index (χ3v) is 3.39. The van der Waals surface area contributed by atoms with Crippen molar-refractivity contribution in [2.75, 3.05) is 7.05 Å². The van der Waals surface area contributed by atoms with E-state index in [1.165, 1.54) is 19.3 Å². The fourth-order valence-corrected chi connectivity index (χ4v) is 2.34. The van der Waals surface area contributed by atoms with Crippen molar-refractivity contribution in [3.05, 3.63) is 0 Å². The largest absolute Gasteiger partial charge is 0.341 e. The molecular weight excluding hydrogens is 188 g/mol. The van der Waals surface area contributed by atoms with Gasteiger partial charge in [-0.05, 0) is 19.3 Å². The van der Waals surface area contributed by atoms with Crippen molar-refractivity contribution >= 4 is 5.91 Å². The van der Waals surface area contributed by atoms with Gasteiger partial charge in [-0.15, -0.1) is 0 Å². The minimum absolute atomic E-state index is 0.128. The molecule has 0 unspecified atom stereocenters. The van der Waals surface area contributed by atoms with Crippen molar-refractivity contribution in [2.24, 2.45) is 5.73 Å². The minimum atomic E-state index is -0.290. The molecule has 0 heterocycles. The lowest BCUT2D eigenvalue weighted by Gasteiger charge is -2.32. The van der Waals surface area contributed by atoms with Crippen LogP contribution in [-0.4, -0.2) is 29.9 Å². The molecule has 0 aromatic heterocycles. The van der Waals surface area contributed by atoms with Gasteiger partial charge in [-0.1, -0.05) is 32.6 Å². The van der Waals surface area contributed by atoms with E-state index < -0.39 is 0 Å². The van der Waals surface area contributed by atoms with Gasteiger partial charge in [0.05, 0.1) is 6.04 Å². The number of hydrogen-bond donors (Lipinski definition) is 1. The molecule has 15 heavy (non-hydrogen) atoms. The lowest BCUT2D eigenvalue weighted by atomic mass is 9.94. The van der Waals surface area contributed by atoms with Crippen LogP contribution in [0.15, 0.2) is 0 Å². The van der Waals surface area contributed by atoms with E-state index in [9.17, 15) is 4.79 Å². The van der Waals surface area contributed by atoms with Gasteiger partial charge in [0.2, 0.25) is 5.91 Å². The standard InChI is InChI=1S/C12H24N2O/c1-3-7-11(13)12(15)14(2)10-8-5-4-6-9-10/h10-11H,3-9,13H2,1-2H3/t11-/m1/s1. The lowest BCUT2D eigenvalue weighted by molar-refractivity contribution is -0.134. The number of nitrogens with zero attached hydrogens (tertiary/aromatic N) is 1. The van der Waals surface area contributed by atoms with Crippen LogP contribution in [0.25, 0.3) is 0 Å². The van der Waals surface area contributed by atoms with Crippen LogP contribution in [0.5, 0.6) is 0 Å². The zero-order valence-corrected chi connectivity index (χ0v) is 10.0. The summed E-state index contributed by atoms with van der Waals surface area (Å²) in [5, 5.41) is 0. The van der Waals surface area contributed by atoms with Crippen LogP contribution in [-0.2, 0) is 4.79 Å². The van der Waals surface area contributed by atoms with Crippen LogP contribution < -0.4 is 5.73 Å². The van der Waals surface area contributed by atoms with Crippen molar-refractivity contribution < 1.29 is 4.79 Å². The summed E-state index contributed by atoms with van der Waals surface area (Å²) in [6, 6.07) is 0.149. The molecule has 2 N–H and O–H groups in total. The van der Waals surface area contributed by atoms with Crippen molar-refractivity contribution in [1.82, 2.24) is 4.90 Å². The maximum atomic E-state index is 11.9. The van der Waals surface area contributed by atoms with Crippen LogP contribution in [0.3, 0.4) is 0 Å². The van der Waals surface area contributed by atoms with E-state index in [2.05, 4.69) is 6.92 Å². The second-order valence-corrected chi connectivity index (χ2v) is 4.64. The van der Waals surface area contributed by atoms with Crippen molar-refractivity contribution in [3.63, 3.8) is 0 Å². The molecule has 3 heteroatoms. The van der Waals surface area contributed by atoms with E-state index in [1.807, 2.05) is 11.9 Å². The predicted octanol–water partition coefficient (Wildman–Crippen LogP) is 1.90. The quantitative estimate of drug-likeness (QED) is 0.773. The molecule has 0 spiro atoms. The fourth-order valence-electron chi connectivity index (χ4n) is 2.34. The molecule has 0 radical (unpaired) electrons. The average Bonchev–Trinajstić information content (AvgIpc) is 2.28. The Morgan fingerprint density at radius 1 is 1.40 bits per heavy atom. The molecule has 1 saturated carbocycles. The van der Waals surface area contributed by atoms with Gasteiger partial charge in [-0.2, -0.15) is 0 Å². The summed E-state index contributed by atoms with van der Waals surface area (Å²) in [5.74, 6) is 0.128. The number of carbonyl (C=O) groups is 1. The van der Waals surface area contributed by atoms with E-state index in [-0.39, 0.29) is 11.9 Å². The van der Waals surface area contributed by atoms with E-state index in [0.29, 0.717) is 6.04 Å². The van der Waals surface area contributed by atoms with E-state index >= 15 is 0 Å². The van der Waals surface area contributed by atoms with Crippen molar-refractivity contribution in [3.8, 4) is 0 Å². The molecule has 0 bridgehead atoms. The van der Waals surface area contributed by atoms with Crippen molar-refractivity contribution in [2.45, 2.75) is 64.0 Å². The van der Waals surface area contributed by atoms with Crippen LogP contribution in [0.1, 0.15) is 51.9 Å². The molecule has 0 aromatic carbocycles. The third-order valence-electron chi connectivity index (χ3n) is 3.39. The van der Waals surface area contributed by atoms with Crippen LogP contribution in [0, 0.1) is 0 Å². The molecule has 0 aliphatic heterocycles. The molecule has 0 aromatic rings. The lowest BCUT2D eigenvalue weighted by Crippen LogP contribution is -2.47. The second-order valence-electron chi connectivity index (χ2n) is 4.64. The Kier molecular flexibility index (Phi) is 5.09. The highest BCUT2D eigenvalue weighted by atomic mass is 16.2. The zero-order chi connectivity index (χ0) is 11.3. The number of rotatable bonds is 4. The van der Waals surface area contributed by atoms with Crippen molar-refractivity contribution in [1.29, 1.82) is 0 Å². The number of hydrogen-bond acceptors (Lipinski definition) is 2. The Labute approximate surface area is 93.0 Å². The topological polar surface area (TPSA) is 46.3 Å². The average molecular weight is 212 g/mol. The molecule has 0 saturated heterocycles. The fraction of sp³-hybridized carbons (Fsp3) is 0.917. The third kappa shape index (κ3) is 3.49. The summed E-state index contributed by atoms with van der Waals surface area (Å²) in [7, 11) is 1.91. The molecule has 1 fully saturated rings. The zero-order valence-electron chi connectivity index (χ0n) is 10.0. The van der Waals surface area contributed by atoms with Crippen LogP contribution in [0.2, 0.25) is 0 Å². The molecule has 1 aliphatic carbocycles. The Bertz CT molecular complexity index is 200. The first-order valence-corrected chi connectivity index (χ1v) is 6.19. The smallest absolute Gasteiger partial charge is 0.239 e. The maximum absolute atomic E-state index is 11.9. The Hall–Kier alpha value is -0.570. The summed E-state index contributed by atoms with van der Waals surface area (Å²) in [6.45, 7) is 2.06. The molecule has 1 aliphatic rings. The summed E-state index contributed by atoms with van der Waals surface area (Å²) in [5.41, 5.74) is 5.84. The Morgan fingerprint density at radius 2 is 2.00 bits per heavy atom. The predicted molar refractivity (Wildman–Crippen MR) is 62.5 cm³/mol. The van der Waals surface area contributed by atoms with Crippen LogP contribution >= 0.6 is 0 Å². The molecule has 1 rings (SSSR count). The minimum Gasteiger partial charge on any atom is -0.341 e. The van der Waals surface area contributed by atoms with Crippen LogP contribution in [0.4, 0.5) is 0 Å². The summed E-state index contributed by atoms with van der Waals surface area (Å²) in [6.07, 6.45) is 7.92. The molecule has 3 nitrogen and oxygen atoms in total. The highest BCUT2D eigenvalue weighted by Crippen LogP contribution is 2.22. The first-order chi connectivity index (χ1) is 7.16.